The summed E-state index contributed by atoms with van der Waals surface area (Å²) in [4.78, 5) is 13.4. The molecule has 0 aliphatic carbocycles. The van der Waals surface area contributed by atoms with Crippen LogP contribution < -0.4 is 5.32 Å². The van der Waals surface area contributed by atoms with Gasteiger partial charge in [0.25, 0.3) is 0 Å². The Morgan fingerprint density at radius 1 is 1.54 bits per heavy atom. The Morgan fingerprint density at radius 3 is 2.38 bits per heavy atom. The summed E-state index contributed by atoms with van der Waals surface area (Å²) >= 11 is 0. The molecule has 0 rings (SSSR count). The van der Waals surface area contributed by atoms with Crippen LogP contribution in [0.3, 0.4) is 0 Å². The molecule has 0 aliphatic heterocycles. The van der Waals surface area contributed by atoms with Crippen LogP contribution in [0.25, 0.3) is 0 Å². The van der Waals surface area contributed by atoms with Crippen molar-refractivity contribution in [2.75, 3.05) is 26.7 Å². The first kappa shape index (κ1) is 12.4. The molecule has 0 aromatic rings. The van der Waals surface area contributed by atoms with Crippen LogP contribution in [0.1, 0.15) is 20.8 Å². The van der Waals surface area contributed by atoms with Crippen LogP contribution in [0, 0.1) is 0 Å². The fourth-order valence-electron chi connectivity index (χ4n) is 1.03. The average Bonchev–Trinajstić information content (AvgIpc) is 2.13. The van der Waals surface area contributed by atoms with Crippen LogP contribution >= 0.6 is 0 Å². The second-order valence-electron chi connectivity index (χ2n) is 3.48. The molecule has 4 nitrogen and oxygen atoms in total. The quantitative estimate of drug-likeness (QED) is 0.629. The number of likely N-dealkylation sites (N-methyl/N-ethyl adjacent to an activating group) is 2. The van der Waals surface area contributed by atoms with Gasteiger partial charge in [0.1, 0.15) is 0 Å². The van der Waals surface area contributed by atoms with E-state index >= 15 is 0 Å². The van der Waals surface area contributed by atoms with Gasteiger partial charge in [0.2, 0.25) is 5.91 Å². The van der Waals surface area contributed by atoms with E-state index in [-0.39, 0.29) is 12.5 Å². The Morgan fingerprint density at radius 2 is 2.08 bits per heavy atom. The zero-order valence-electron chi connectivity index (χ0n) is 8.92. The number of amides is 1. The fraction of sp³-hybridized carbons (Fsp3) is 0.889. The van der Waals surface area contributed by atoms with Gasteiger partial charge in [-0.3, -0.25) is 4.79 Å². The molecule has 0 unspecified atom stereocenters. The van der Waals surface area contributed by atoms with E-state index in [2.05, 4.69) is 5.32 Å². The highest BCUT2D eigenvalue weighted by molar-refractivity contribution is 5.85. The van der Waals surface area contributed by atoms with Crippen LogP contribution in [-0.4, -0.2) is 48.2 Å². The van der Waals surface area contributed by atoms with Gasteiger partial charge in [-0.1, -0.05) is 0 Å². The smallest absolute Gasteiger partial charge is 0.242 e. The zero-order chi connectivity index (χ0) is 10.5. The zero-order valence-corrected chi connectivity index (χ0v) is 8.92. The highest BCUT2D eigenvalue weighted by atomic mass is 16.3. The number of carbonyl (C=O) groups is 1. The minimum Gasteiger partial charge on any atom is -0.395 e. The molecule has 0 saturated carbocycles. The highest BCUT2D eigenvalue weighted by Gasteiger charge is 2.28. The number of nitrogens with one attached hydrogen (secondary N) is 1. The molecule has 2 N–H and O–H groups in total. The summed E-state index contributed by atoms with van der Waals surface area (Å²) in [7, 11) is 1.75. The molecule has 0 atom stereocenters. The van der Waals surface area contributed by atoms with Gasteiger partial charge in [-0.05, 0) is 27.8 Å². The van der Waals surface area contributed by atoms with Crippen LogP contribution in [0.15, 0.2) is 0 Å². The summed E-state index contributed by atoms with van der Waals surface area (Å²) in [5.74, 6) is 0.0200. The Balaban J connectivity index is 4.36. The Labute approximate surface area is 79.9 Å². The molecule has 1 amide bonds. The average molecular weight is 188 g/mol. The second kappa shape index (κ2) is 5.19. The summed E-state index contributed by atoms with van der Waals surface area (Å²) in [6.07, 6.45) is 0. The van der Waals surface area contributed by atoms with Crippen molar-refractivity contribution in [3.05, 3.63) is 0 Å². The largest absolute Gasteiger partial charge is 0.395 e. The SMILES string of the molecule is CCN(CCO)C(=O)C(C)(C)NC. The van der Waals surface area contributed by atoms with E-state index in [0.29, 0.717) is 13.1 Å². The van der Waals surface area contributed by atoms with E-state index in [1.807, 2.05) is 20.8 Å². The standard InChI is InChI=1S/C9H20N2O2/c1-5-11(6-7-12)8(13)9(2,3)10-4/h10,12H,5-7H2,1-4H3. The molecule has 0 bridgehead atoms. The van der Waals surface area contributed by atoms with Gasteiger partial charge in [-0.15, -0.1) is 0 Å². The van der Waals surface area contributed by atoms with Crippen LogP contribution in [0.5, 0.6) is 0 Å². The minimum absolute atomic E-state index is 0.0133. The normalized spacial score (nSPS) is 11.5. The van der Waals surface area contributed by atoms with Crippen molar-refractivity contribution in [3.63, 3.8) is 0 Å². The summed E-state index contributed by atoms with van der Waals surface area (Å²) in [6.45, 7) is 6.61. The molecule has 0 spiro atoms. The lowest BCUT2D eigenvalue weighted by Gasteiger charge is -2.30. The van der Waals surface area contributed by atoms with E-state index in [9.17, 15) is 4.79 Å². The molecule has 4 heteroatoms. The third-order valence-corrected chi connectivity index (χ3v) is 2.20. The number of aliphatic hydroxyl groups is 1. The predicted molar refractivity (Wildman–Crippen MR) is 52.5 cm³/mol. The van der Waals surface area contributed by atoms with Gasteiger partial charge in [-0.2, -0.15) is 0 Å². The van der Waals surface area contributed by atoms with Gasteiger partial charge >= 0.3 is 0 Å². The molecule has 0 radical (unpaired) electrons. The maximum atomic E-state index is 11.8. The van der Waals surface area contributed by atoms with Crippen molar-refractivity contribution in [1.29, 1.82) is 0 Å². The maximum Gasteiger partial charge on any atom is 0.242 e. The first-order valence-electron chi connectivity index (χ1n) is 4.58. The fourth-order valence-corrected chi connectivity index (χ4v) is 1.03. The van der Waals surface area contributed by atoms with Gasteiger partial charge in [0.05, 0.1) is 12.1 Å². The van der Waals surface area contributed by atoms with Gasteiger partial charge in [-0.25, -0.2) is 0 Å². The Hall–Kier alpha value is -0.610. The molecule has 0 aromatic heterocycles. The first-order chi connectivity index (χ1) is 5.99. The maximum absolute atomic E-state index is 11.8. The molecule has 0 aliphatic rings. The van der Waals surface area contributed by atoms with Gasteiger partial charge < -0.3 is 15.3 Å². The van der Waals surface area contributed by atoms with E-state index < -0.39 is 5.54 Å². The number of rotatable bonds is 5. The number of hydrogen-bond donors (Lipinski definition) is 2. The van der Waals surface area contributed by atoms with Crippen molar-refractivity contribution in [2.24, 2.45) is 0 Å². The number of carbonyl (C=O) groups excluding carboxylic acids is 1. The molecule has 78 valence electrons. The molecular formula is C9H20N2O2. The molecule has 0 heterocycles. The predicted octanol–water partition coefficient (Wildman–Crippen LogP) is -0.175. The Bertz CT molecular complexity index is 169. The summed E-state index contributed by atoms with van der Waals surface area (Å²) < 4.78 is 0. The molecular weight excluding hydrogens is 168 g/mol. The van der Waals surface area contributed by atoms with Crippen molar-refractivity contribution >= 4 is 5.91 Å². The molecule has 0 saturated heterocycles. The van der Waals surface area contributed by atoms with Gasteiger partial charge in [0, 0.05) is 13.1 Å². The molecule has 0 fully saturated rings. The first-order valence-corrected chi connectivity index (χ1v) is 4.58. The van der Waals surface area contributed by atoms with Crippen molar-refractivity contribution in [3.8, 4) is 0 Å². The summed E-state index contributed by atoms with van der Waals surface area (Å²) in [5.41, 5.74) is -0.550. The lowest BCUT2D eigenvalue weighted by molar-refractivity contribution is -0.137. The number of nitrogens with zero attached hydrogens (tertiary/aromatic N) is 1. The third-order valence-electron chi connectivity index (χ3n) is 2.20. The topological polar surface area (TPSA) is 52.6 Å². The third kappa shape index (κ3) is 3.32. The van der Waals surface area contributed by atoms with E-state index in [0.717, 1.165) is 0 Å². The minimum atomic E-state index is -0.550. The van der Waals surface area contributed by atoms with Crippen LogP contribution in [-0.2, 0) is 4.79 Å². The van der Waals surface area contributed by atoms with Crippen molar-refractivity contribution in [1.82, 2.24) is 10.2 Å². The lowest BCUT2D eigenvalue weighted by atomic mass is 10.0. The van der Waals surface area contributed by atoms with Crippen LogP contribution in [0.2, 0.25) is 0 Å². The van der Waals surface area contributed by atoms with Crippen LogP contribution in [0.4, 0.5) is 0 Å². The van der Waals surface area contributed by atoms with Gasteiger partial charge in [0.15, 0.2) is 0 Å². The van der Waals surface area contributed by atoms with E-state index in [1.165, 1.54) is 0 Å². The highest BCUT2D eigenvalue weighted by Crippen LogP contribution is 2.06. The molecule has 13 heavy (non-hydrogen) atoms. The summed E-state index contributed by atoms with van der Waals surface area (Å²) in [5, 5.41) is 11.7. The van der Waals surface area contributed by atoms with E-state index in [1.54, 1.807) is 11.9 Å². The Kier molecular flexibility index (Phi) is 4.95. The summed E-state index contributed by atoms with van der Waals surface area (Å²) in [6, 6.07) is 0. The molecule has 0 aromatic carbocycles. The lowest BCUT2D eigenvalue weighted by Crippen LogP contribution is -2.53. The van der Waals surface area contributed by atoms with E-state index in [4.69, 9.17) is 5.11 Å². The monoisotopic (exact) mass is 188 g/mol. The van der Waals surface area contributed by atoms with Crippen molar-refractivity contribution in [2.45, 2.75) is 26.3 Å². The van der Waals surface area contributed by atoms with Crippen molar-refractivity contribution < 1.29 is 9.90 Å². The second-order valence-corrected chi connectivity index (χ2v) is 3.48. The number of hydrogen-bond acceptors (Lipinski definition) is 3. The number of aliphatic hydroxyl groups excluding tert-OH is 1.